The molecule has 3 rings (SSSR count). The normalized spacial score (nSPS) is 10.9. The van der Waals surface area contributed by atoms with Crippen LogP contribution in [0.3, 0.4) is 0 Å². The van der Waals surface area contributed by atoms with Crippen LogP contribution in [0.2, 0.25) is 0 Å². The van der Waals surface area contributed by atoms with Crippen molar-refractivity contribution >= 4 is 17.2 Å². The van der Waals surface area contributed by atoms with Crippen molar-refractivity contribution in [3.63, 3.8) is 0 Å². The van der Waals surface area contributed by atoms with E-state index < -0.39 is 0 Å². The number of carbonyl (C=O) groups is 1. The minimum Gasteiger partial charge on any atom is -0.342 e. The predicted octanol–water partition coefficient (Wildman–Crippen LogP) is 2.24. The Morgan fingerprint density at radius 2 is 2.11 bits per heavy atom. The fraction of sp³-hybridized carbons (Fsp3) is 0.143. The van der Waals surface area contributed by atoms with Crippen LogP contribution in [0, 0.1) is 0 Å². The molecule has 0 aliphatic rings. The van der Waals surface area contributed by atoms with Crippen molar-refractivity contribution in [3.05, 3.63) is 54.0 Å². The lowest BCUT2D eigenvalue weighted by Crippen LogP contribution is -1.96. The minimum absolute atomic E-state index is 0.724. The molecule has 3 aromatic rings. The molecule has 4 nitrogen and oxygen atoms in total. The molecule has 0 fully saturated rings. The van der Waals surface area contributed by atoms with E-state index in [1.54, 1.807) is 4.68 Å². The molecule has 0 radical (unpaired) electrons. The first-order valence-electron chi connectivity index (χ1n) is 5.78. The predicted molar refractivity (Wildman–Crippen MR) is 69.6 cm³/mol. The quantitative estimate of drug-likeness (QED) is 0.657. The molecule has 0 spiro atoms. The first kappa shape index (κ1) is 10.8. The number of hydrogen-bond acceptors (Lipinski definition) is 2. The Kier molecular flexibility index (Phi) is 2.48. The van der Waals surface area contributed by atoms with Crippen LogP contribution in [0.25, 0.3) is 10.9 Å². The lowest BCUT2D eigenvalue weighted by molar-refractivity contribution is 0.112. The number of para-hydroxylation sites is 1. The van der Waals surface area contributed by atoms with Gasteiger partial charge in [0.2, 0.25) is 0 Å². The van der Waals surface area contributed by atoms with Gasteiger partial charge in [-0.1, -0.05) is 18.2 Å². The van der Waals surface area contributed by atoms with Crippen LogP contribution in [-0.2, 0) is 13.6 Å². The van der Waals surface area contributed by atoms with Gasteiger partial charge in [-0.2, -0.15) is 5.10 Å². The minimum atomic E-state index is 0.724. The van der Waals surface area contributed by atoms with Crippen LogP contribution in [0.15, 0.2) is 42.9 Å². The Balaban J connectivity index is 2.09. The summed E-state index contributed by atoms with van der Waals surface area (Å²) in [6.45, 7) is 0.724. The molecule has 2 heterocycles. The Labute approximate surface area is 104 Å². The number of aromatic nitrogens is 3. The van der Waals surface area contributed by atoms with Gasteiger partial charge in [0.05, 0.1) is 12.7 Å². The van der Waals surface area contributed by atoms with Gasteiger partial charge in [-0.3, -0.25) is 9.48 Å². The summed E-state index contributed by atoms with van der Waals surface area (Å²) in [7, 11) is 1.90. The van der Waals surface area contributed by atoms with E-state index in [4.69, 9.17) is 0 Å². The Morgan fingerprint density at radius 1 is 1.28 bits per heavy atom. The van der Waals surface area contributed by atoms with Gasteiger partial charge < -0.3 is 4.57 Å². The monoisotopic (exact) mass is 239 g/mol. The van der Waals surface area contributed by atoms with E-state index in [0.29, 0.717) is 0 Å². The second-order valence-corrected chi connectivity index (χ2v) is 4.37. The summed E-state index contributed by atoms with van der Waals surface area (Å²) in [6, 6.07) is 7.93. The smallest absolute Gasteiger partial charge is 0.152 e. The molecular weight excluding hydrogens is 226 g/mol. The number of aryl methyl sites for hydroxylation is 1. The molecule has 4 heteroatoms. The number of benzene rings is 1. The zero-order valence-electron chi connectivity index (χ0n) is 10.1. The van der Waals surface area contributed by atoms with Crippen LogP contribution < -0.4 is 0 Å². The van der Waals surface area contributed by atoms with Crippen LogP contribution in [0.1, 0.15) is 15.9 Å². The van der Waals surface area contributed by atoms with E-state index in [1.165, 1.54) is 0 Å². The van der Waals surface area contributed by atoms with Crippen LogP contribution >= 0.6 is 0 Å². The third-order valence-electron chi connectivity index (χ3n) is 3.06. The lowest BCUT2D eigenvalue weighted by atomic mass is 10.2. The third kappa shape index (κ3) is 1.72. The molecule has 0 atom stereocenters. The van der Waals surface area contributed by atoms with Gasteiger partial charge in [0, 0.05) is 41.5 Å². The van der Waals surface area contributed by atoms with Crippen molar-refractivity contribution < 1.29 is 4.79 Å². The maximum Gasteiger partial charge on any atom is 0.152 e. The largest absolute Gasteiger partial charge is 0.342 e. The van der Waals surface area contributed by atoms with Gasteiger partial charge in [0.25, 0.3) is 0 Å². The van der Waals surface area contributed by atoms with E-state index in [9.17, 15) is 4.79 Å². The first-order chi connectivity index (χ1) is 8.78. The van der Waals surface area contributed by atoms with Gasteiger partial charge in [-0.25, -0.2) is 0 Å². The second kappa shape index (κ2) is 4.14. The number of nitrogens with zero attached hydrogens (tertiary/aromatic N) is 3. The summed E-state index contributed by atoms with van der Waals surface area (Å²) in [5, 5.41) is 5.15. The van der Waals surface area contributed by atoms with Crippen molar-refractivity contribution in [2.45, 2.75) is 6.54 Å². The molecule has 0 amide bonds. The maximum absolute atomic E-state index is 11.1. The fourth-order valence-electron chi connectivity index (χ4n) is 2.25. The number of carbonyl (C=O) groups excluding carboxylic acids is 1. The van der Waals surface area contributed by atoms with Crippen molar-refractivity contribution in [1.29, 1.82) is 0 Å². The first-order valence-corrected chi connectivity index (χ1v) is 5.78. The third-order valence-corrected chi connectivity index (χ3v) is 3.06. The van der Waals surface area contributed by atoms with Crippen molar-refractivity contribution in [3.8, 4) is 0 Å². The molecule has 18 heavy (non-hydrogen) atoms. The molecule has 0 N–H and O–H groups in total. The molecule has 0 saturated carbocycles. The maximum atomic E-state index is 11.1. The average Bonchev–Trinajstić information content (AvgIpc) is 2.95. The summed E-state index contributed by atoms with van der Waals surface area (Å²) in [5.74, 6) is 0. The van der Waals surface area contributed by atoms with Crippen molar-refractivity contribution in [1.82, 2.24) is 14.3 Å². The van der Waals surface area contributed by atoms with E-state index in [2.05, 4.69) is 9.67 Å². The van der Waals surface area contributed by atoms with Gasteiger partial charge in [0.1, 0.15) is 0 Å². The fourth-order valence-corrected chi connectivity index (χ4v) is 2.25. The lowest BCUT2D eigenvalue weighted by Gasteiger charge is -2.02. The SMILES string of the molecule is Cn1cc(Cn2cc(C=O)c3ccccc32)cn1. The number of rotatable bonds is 3. The van der Waals surface area contributed by atoms with E-state index in [0.717, 1.165) is 34.9 Å². The van der Waals surface area contributed by atoms with Crippen LogP contribution in [0.5, 0.6) is 0 Å². The number of aldehydes is 1. The number of hydrogen-bond donors (Lipinski definition) is 0. The second-order valence-electron chi connectivity index (χ2n) is 4.37. The van der Waals surface area contributed by atoms with Gasteiger partial charge in [0.15, 0.2) is 6.29 Å². The van der Waals surface area contributed by atoms with E-state index in [1.807, 2.05) is 49.9 Å². The molecule has 2 aromatic heterocycles. The highest BCUT2D eigenvalue weighted by Gasteiger charge is 2.08. The summed E-state index contributed by atoms with van der Waals surface area (Å²) >= 11 is 0. The Morgan fingerprint density at radius 3 is 2.83 bits per heavy atom. The zero-order valence-corrected chi connectivity index (χ0v) is 10.1. The summed E-state index contributed by atoms with van der Waals surface area (Å²) in [6.07, 6.45) is 6.62. The standard InChI is InChI=1S/C14H13N3O/c1-16-7-11(6-15-16)8-17-9-12(10-18)13-4-2-3-5-14(13)17/h2-7,9-10H,8H2,1H3. The zero-order chi connectivity index (χ0) is 12.5. The highest BCUT2D eigenvalue weighted by molar-refractivity contribution is 5.97. The average molecular weight is 239 g/mol. The highest BCUT2D eigenvalue weighted by atomic mass is 16.1. The summed E-state index contributed by atoms with van der Waals surface area (Å²) in [4.78, 5) is 11.1. The van der Waals surface area contributed by atoms with Gasteiger partial charge in [-0.15, -0.1) is 0 Å². The van der Waals surface area contributed by atoms with E-state index in [-0.39, 0.29) is 0 Å². The Bertz CT molecular complexity index is 709. The molecule has 1 aromatic carbocycles. The Hall–Kier alpha value is -2.36. The molecule has 0 bridgehead atoms. The van der Waals surface area contributed by atoms with Crippen molar-refractivity contribution in [2.24, 2.45) is 7.05 Å². The van der Waals surface area contributed by atoms with E-state index >= 15 is 0 Å². The summed E-state index contributed by atoms with van der Waals surface area (Å²) in [5.41, 5.74) is 2.92. The van der Waals surface area contributed by atoms with Crippen LogP contribution in [-0.4, -0.2) is 20.6 Å². The number of fused-ring (bicyclic) bond motifs is 1. The van der Waals surface area contributed by atoms with Crippen molar-refractivity contribution in [2.75, 3.05) is 0 Å². The van der Waals surface area contributed by atoms with Crippen LogP contribution in [0.4, 0.5) is 0 Å². The van der Waals surface area contributed by atoms with Gasteiger partial charge in [-0.05, 0) is 6.07 Å². The molecule has 90 valence electrons. The summed E-state index contributed by atoms with van der Waals surface area (Å²) < 4.78 is 3.86. The molecule has 0 aliphatic heterocycles. The topological polar surface area (TPSA) is 39.8 Å². The highest BCUT2D eigenvalue weighted by Crippen LogP contribution is 2.20. The van der Waals surface area contributed by atoms with Gasteiger partial charge >= 0.3 is 0 Å². The molecule has 0 aliphatic carbocycles. The molecule has 0 unspecified atom stereocenters. The molecular formula is C14H13N3O. The molecule has 0 saturated heterocycles.